The number of fused-ring (bicyclic) bond motifs is 5. The molecular formula is C20H21BrN2. The lowest BCUT2D eigenvalue weighted by Crippen LogP contribution is -3.00. The third-order valence-electron chi connectivity index (χ3n) is 4.76. The average molecular weight is 369 g/mol. The summed E-state index contributed by atoms with van der Waals surface area (Å²) in [5.74, 6) is 0. The van der Waals surface area contributed by atoms with Crippen LogP contribution in [0.4, 0.5) is 0 Å². The van der Waals surface area contributed by atoms with E-state index in [1.807, 2.05) is 0 Å². The van der Waals surface area contributed by atoms with Gasteiger partial charge in [0.25, 0.3) is 0 Å². The number of aromatic amines is 1. The monoisotopic (exact) mass is 368 g/mol. The van der Waals surface area contributed by atoms with Crippen molar-refractivity contribution >= 4 is 27.3 Å². The minimum Gasteiger partial charge on any atom is -1.00 e. The van der Waals surface area contributed by atoms with E-state index in [1.165, 1.54) is 50.4 Å². The maximum Gasteiger partial charge on any atom is 0.238 e. The fraction of sp³-hybridized carbons (Fsp3) is 0.250. The molecule has 4 aromatic rings. The van der Waals surface area contributed by atoms with Gasteiger partial charge in [0.1, 0.15) is 5.52 Å². The van der Waals surface area contributed by atoms with Gasteiger partial charge in [-0.05, 0) is 31.9 Å². The number of halogens is 1. The highest BCUT2D eigenvalue weighted by Gasteiger charge is 2.19. The summed E-state index contributed by atoms with van der Waals surface area (Å²) in [5.41, 5.74) is 8.05. The molecule has 118 valence electrons. The van der Waals surface area contributed by atoms with E-state index in [0.29, 0.717) is 0 Å². The summed E-state index contributed by atoms with van der Waals surface area (Å²) in [6.45, 7) is 6.73. The van der Waals surface area contributed by atoms with Gasteiger partial charge in [-0.2, -0.15) is 4.40 Å². The number of hydrogen-bond donors (Lipinski definition) is 1. The zero-order valence-corrected chi connectivity index (χ0v) is 15.4. The Morgan fingerprint density at radius 1 is 1.04 bits per heavy atom. The first-order valence-electron chi connectivity index (χ1n) is 8.04. The number of benzene rings is 1. The number of rotatable bonds is 2. The van der Waals surface area contributed by atoms with Crippen LogP contribution in [0.1, 0.15) is 30.0 Å². The van der Waals surface area contributed by atoms with Crippen molar-refractivity contribution in [2.75, 3.05) is 0 Å². The van der Waals surface area contributed by atoms with E-state index in [-0.39, 0.29) is 17.0 Å². The lowest BCUT2D eigenvalue weighted by Gasteiger charge is -2.08. The van der Waals surface area contributed by atoms with Gasteiger partial charge in [0.05, 0.1) is 0 Å². The minimum absolute atomic E-state index is 0. The van der Waals surface area contributed by atoms with Crippen molar-refractivity contribution in [2.24, 2.45) is 0 Å². The van der Waals surface area contributed by atoms with Gasteiger partial charge in [-0.15, -0.1) is 0 Å². The Kier molecular flexibility index (Phi) is 4.15. The fourth-order valence-corrected chi connectivity index (χ4v) is 3.73. The second-order valence-electron chi connectivity index (χ2n) is 6.20. The van der Waals surface area contributed by atoms with Crippen LogP contribution < -0.4 is 21.4 Å². The third-order valence-corrected chi connectivity index (χ3v) is 4.76. The van der Waals surface area contributed by atoms with Gasteiger partial charge in [0.15, 0.2) is 12.4 Å². The maximum atomic E-state index is 3.63. The van der Waals surface area contributed by atoms with Gasteiger partial charge in [0, 0.05) is 33.5 Å². The lowest BCUT2D eigenvalue weighted by atomic mass is 9.99. The van der Waals surface area contributed by atoms with Crippen molar-refractivity contribution in [3.05, 3.63) is 59.4 Å². The van der Waals surface area contributed by atoms with Crippen molar-refractivity contribution < 1.29 is 21.4 Å². The number of H-pyrrole nitrogens is 1. The van der Waals surface area contributed by atoms with E-state index in [1.54, 1.807) is 0 Å². The molecule has 3 heterocycles. The highest BCUT2D eigenvalue weighted by atomic mass is 79.9. The zero-order chi connectivity index (χ0) is 15.3. The number of para-hydroxylation sites is 1. The molecule has 0 fully saturated rings. The number of nitrogens with zero attached hydrogens (tertiary/aromatic N) is 1. The Morgan fingerprint density at radius 2 is 1.83 bits per heavy atom. The molecule has 0 spiro atoms. The molecule has 0 aliphatic rings. The molecule has 23 heavy (non-hydrogen) atoms. The summed E-state index contributed by atoms with van der Waals surface area (Å²) < 4.78 is 2.27. The van der Waals surface area contributed by atoms with Crippen LogP contribution in [0.15, 0.2) is 42.7 Å². The van der Waals surface area contributed by atoms with Gasteiger partial charge >= 0.3 is 0 Å². The van der Waals surface area contributed by atoms with Crippen molar-refractivity contribution in [3.63, 3.8) is 0 Å². The Labute approximate surface area is 146 Å². The highest BCUT2D eigenvalue weighted by molar-refractivity contribution is 6.11. The van der Waals surface area contributed by atoms with Crippen LogP contribution in [0.25, 0.3) is 27.3 Å². The second kappa shape index (κ2) is 5.97. The van der Waals surface area contributed by atoms with Gasteiger partial charge in [-0.3, -0.25) is 0 Å². The molecule has 0 saturated carbocycles. The highest BCUT2D eigenvalue weighted by Crippen LogP contribution is 2.29. The Morgan fingerprint density at radius 3 is 2.61 bits per heavy atom. The average Bonchev–Trinajstić information content (AvgIpc) is 2.89. The van der Waals surface area contributed by atoms with Crippen LogP contribution in [-0.2, 0) is 6.42 Å². The Hall–Kier alpha value is -1.87. The SMILES string of the molecule is CCCc1c(C)c[n+]2ccc3c4ccccc4[nH]c3c2c1C.[Br-]. The van der Waals surface area contributed by atoms with E-state index >= 15 is 0 Å². The molecule has 4 rings (SSSR count). The first-order valence-corrected chi connectivity index (χ1v) is 8.04. The first-order chi connectivity index (χ1) is 10.7. The smallest absolute Gasteiger partial charge is 0.238 e. The number of pyridine rings is 2. The quantitative estimate of drug-likeness (QED) is 0.519. The summed E-state index contributed by atoms with van der Waals surface area (Å²) in [4.78, 5) is 3.63. The zero-order valence-electron chi connectivity index (χ0n) is 13.8. The number of nitrogens with one attached hydrogen (secondary N) is 1. The van der Waals surface area contributed by atoms with E-state index in [0.717, 1.165) is 6.42 Å². The number of aryl methyl sites for hydroxylation is 2. The molecule has 0 atom stereocenters. The maximum absolute atomic E-state index is 3.63. The minimum atomic E-state index is 0. The topological polar surface area (TPSA) is 19.9 Å². The molecule has 0 radical (unpaired) electrons. The molecule has 0 bridgehead atoms. The third kappa shape index (κ3) is 2.34. The van der Waals surface area contributed by atoms with Crippen LogP contribution in [0.2, 0.25) is 0 Å². The Balaban J connectivity index is 0.00000156. The van der Waals surface area contributed by atoms with Crippen LogP contribution in [0.5, 0.6) is 0 Å². The summed E-state index contributed by atoms with van der Waals surface area (Å²) >= 11 is 0. The molecular weight excluding hydrogens is 348 g/mol. The van der Waals surface area contributed by atoms with Crippen LogP contribution >= 0.6 is 0 Å². The van der Waals surface area contributed by atoms with E-state index < -0.39 is 0 Å². The van der Waals surface area contributed by atoms with Crippen LogP contribution in [0.3, 0.4) is 0 Å². The molecule has 3 aromatic heterocycles. The summed E-state index contributed by atoms with van der Waals surface area (Å²) in [6, 6.07) is 10.8. The predicted octanol–water partition coefficient (Wildman–Crippen LogP) is 1.63. The van der Waals surface area contributed by atoms with Crippen molar-refractivity contribution in [1.82, 2.24) is 4.98 Å². The molecule has 2 nitrogen and oxygen atoms in total. The molecule has 3 heteroatoms. The lowest BCUT2D eigenvalue weighted by molar-refractivity contribution is -0.511. The van der Waals surface area contributed by atoms with E-state index in [9.17, 15) is 0 Å². The predicted molar refractivity (Wildman–Crippen MR) is 92.4 cm³/mol. The summed E-state index contributed by atoms with van der Waals surface area (Å²) in [5, 5.41) is 2.61. The number of hydrogen-bond acceptors (Lipinski definition) is 0. The van der Waals surface area contributed by atoms with Gasteiger partial charge < -0.3 is 22.0 Å². The standard InChI is InChI=1S/C20H20N2.BrH/c1-4-7-15-13(2)12-22-11-10-17-16-8-5-6-9-18(16)21-19(17)20(22)14(15)3;/h5-6,8-12H,4,7H2,1-3H3;1H. The molecule has 0 unspecified atom stereocenters. The van der Waals surface area contributed by atoms with Crippen molar-refractivity contribution in [3.8, 4) is 0 Å². The number of aromatic nitrogens is 2. The van der Waals surface area contributed by atoms with E-state index in [4.69, 9.17) is 0 Å². The van der Waals surface area contributed by atoms with E-state index in [2.05, 4.69) is 72.9 Å². The van der Waals surface area contributed by atoms with Crippen molar-refractivity contribution in [2.45, 2.75) is 33.6 Å². The van der Waals surface area contributed by atoms with Crippen molar-refractivity contribution in [1.29, 1.82) is 0 Å². The van der Waals surface area contributed by atoms with Gasteiger partial charge in [0.2, 0.25) is 5.52 Å². The van der Waals surface area contributed by atoms with Crippen LogP contribution in [-0.4, -0.2) is 4.98 Å². The van der Waals surface area contributed by atoms with Crippen LogP contribution in [0, 0.1) is 13.8 Å². The largest absolute Gasteiger partial charge is 1.00 e. The molecule has 1 N–H and O–H groups in total. The summed E-state index contributed by atoms with van der Waals surface area (Å²) in [7, 11) is 0. The summed E-state index contributed by atoms with van der Waals surface area (Å²) in [6.07, 6.45) is 6.78. The van der Waals surface area contributed by atoms with Gasteiger partial charge in [-0.1, -0.05) is 31.5 Å². The normalized spacial score (nSPS) is 11.3. The fourth-order valence-electron chi connectivity index (χ4n) is 3.73. The molecule has 1 aromatic carbocycles. The molecule has 0 saturated heterocycles. The molecule has 0 aliphatic carbocycles. The van der Waals surface area contributed by atoms with Gasteiger partial charge in [-0.25, -0.2) is 0 Å². The molecule has 0 amide bonds. The Bertz CT molecular complexity index is 1010. The molecule has 0 aliphatic heterocycles. The first kappa shape index (κ1) is 16.0. The second-order valence-corrected chi connectivity index (χ2v) is 6.20.